The average Bonchev–Trinajstić information content (AvgIpc) is 2.80. The molecule has 0 radical (unpaired) electrons. The summed E-state index contributed by atoms with van der Waals surface area (Å²) >= 11 is 1.53. The third kappa shape index (κ3) is 2.72. The van der Waals surface area contributed by atoms with Crippen LogP contribution in [0.2, 0.25) is 0 Å². The van der Waals surface area contributed by atoms with Gasteiger partial charge in [0.15, 0.2) is 11.5 Å². The molecule has 4 nitrogen and oxygen atoms in total. The Morgan fingerprint density at radius 3 is 2.25 bits per heavy atom. The molecule has 1 aromatic carbocycles. The molecule has 0 aliphatic carbocycles. The lowest BCUT2D eigenvalue weighted by atomic mass is 9.98. The smallest absolute Gasteiger partial charge is 0.161 e. The minimum absolute atomic E-state index is 0.00636. The molecule has 0 unspecified atom stereocenters. The van der Waals surface area contributed by atoms with Crippen LogP contribution >= 0.6 is 11.3 Å². The van der Waals surface area contributed by atoms with E-state index in [1.165, 1.54) is 11.3 Å². The summed E-state index contributed by atoms with van der Waals surface area (Å²) in [6.45, 7) is 6.39. The van der Waals surface area contributed by atoms with Gasteiger partial charge in [-0.15, -0.1) is 11.3 Å². The lowest BCUT2D eigenvalue weighted by Crippen LogP contribution is -2.10. The molecule has 1 heterocycles. The molecule has 2 aromatic rings. The van der Waals surface area contributed by atoms with Crippen molar-refractivity contribution in [2.24, 2.45) is 0 Å². The summed E-state index contributed by atoms with van der Waals surface area (Å²) in [4.78, 5) is 4.68. The van der Waals surface area contributed by atoms with Crippen molar-refractivity contribution in [2.45, 2.75) is 26.2 Å². The van der Waals surface area contributed by atoms with Crippen molar-refractivity contribution in [1.29, 1.82) is 0 Å². The zero-order valence-corrected chi connectivity index (χ0v) is 13.3. The largest absolute Gasteiger partial charge is 0.493 e. The number of anilines is 1. The summed E-state index contributed by atoms with van der Waals surface area (Å²) in [6, 6.07) is 5.71. The lowest BCUT2D eigenvalue weighted by Gasteiger charge is -2.13. The molecule has 0 bridgehead atoms. The lowest BCUT2D eigenvalue weighted by molar-refractivity contribution is 0.355. The summed E-state index contributed by atoms with van der Waals surface area (Å²) in [7, 11) is 3.24. The Morgan fingerprint density at radius 1 is 1.10 bits per heavy atom. The number of ether oxygens (including phenoxy) is 2. The van der Waals surface area contributed by atoms with Gasteiger partial charge in [0.25, 0.3) is 0 Å². The van der Waals surface area contributed by atoms with Gasteiger partial charge in [-0.05, 0) is 18.2 Å². The van der Waals surface area contributed by atoms with Gasteiger partial charge >= 0.3 is 0 Å². The Labute approximate surface area is 123 Å². The van der Waals surface area contributed by atoms with Crippen molar-refractivity contribution in [3.8, 4) is 22.8 Å². The van der Waals surface area contributed by atoms with E-state index >= 15 is 0 Å². The SMILES string of the molecule is COc1ccc(-c2nc(C(C)(C)C)sc2N)cc1OC. The number of nitrogen functional groups attached to an aromatic ring is 1. The summed E-state index contributed by atoms with van der Waals surface area (Å²) in [5.74, 6) is 1.37. The zero-order chi connectivity index (χ0) is 14.9. The van der Waals surface area contributed by atoms with E-state index in [1.807, 2.05) is 18.2 Å². The van der Waals surface area contributed by atoms with E-state index in [2.05, 4.69) is 25.8 Å². The predicted molar refractivity (Wildman–Crippen MR) is 83.8 cm³/mol. The Bertz CT molecular complexity index is 615. The Hall–Kier alpha value is -1.75. The first-order valence-electron chi connectivity index (χ1n) is 6.36. The van der Waals surface area contributed by atoms with Gasteiger partial charge in [-0.1, -0.05) is 20.8 Å². The number of thiazole rings is 1. The fourth-order valence-electron chi connectivity index (χ4n) is 1.84. The van der Waals surface area contributed by atoms with E-state index in [0.717, 1.165) is 21.3 Å². The van der Waals surface area contributed by atoms with Crippen LogP contribution in [0, 0.1) is 0 Å². The molecule has 0 amide bonds. The minimum Gasteiger partial charge on any atom is -0.493 e. The van der Waals surface area contributed by atoms with E-state index < -0.39 is 0 Å². The maximum absolute atomic E-state index is 6.12. The van der Waals surface area contributed by atoms with Crippen molar-refractivity contribution < 1.29 is 9.47 Å². The molecule has 0 saturated heterocycles. The minimum atomic E-state index is -0.00636. The molecule has 0 fully saturated rings. The molecule has 20 heavy (non-hydrogen) atoms. The van der Waals surface area contributed by atoms with Crippen LogP contribution in [0.15, 0.2) is 18.2 Å². The third-order valence-electron chi connectivity index (χ3n) is 2.95. The highest BCUT2D eigenvalue weighted by Gasteiger charge is 2.21. The zero-order valence-electron chi connectivity index (χ0n) is 12.5. The standard InChI is InChI=1S/C15H20N2O2S/c1-15(2,3)14-17-12(13(16)20-14)9-6-7-10(18-4)11(8-9)19-5/h6-8H,16H2,1-5H3. The summed E-state index contributed by atoms with van der Waals surface area (Å²) in [5.41, 5.74) is 7.85. The average molecular weight is 292 g/mol. The van der Waals surface area contributed by atoms with Gasteiger partial charge in [0.1, 0.15) is 15.7 Å². The van der Waals surface area contributed by atoms with Gasteiger partial charge in [0, 0.05) is 11.0 Å². The number of rotatable bonds is 3. The Balaban J connectivity index is 2.49. The Kier molecular flexibility index (Phi) is 3.90. The molecule has 5 heteroatoms. The summed E-state index contributed by atoms with van der Waals surface area (Å²) in [5, 5.41) is 1.75. The molecule has 108 valence electrons. The number of hydrogen-bond donors (Lipinski definition) is 1. The fourth-order valence-corrected chi connectivity index (χ4v) is 2.75. The molecule has 2 N–H and O–H groups in total. The van der Waals surface area contributed by atoms with Crippen molar-refractivity contribution in [3.63, 3.8) is 0 Å². The van der Waals surface area contributed by atoms with Gasteiger partial charge in [-0.25, -0.2) is 4.98 Å². The van der Waals surface area contributed by atoms with Gasteiger partial charge in [-0.2, -0.15) is 0 Å². The van der Waals surface area contributed by atoms with Crippen LogP contribution in [0.25, 0.3) is 11.3 Å². The van der Waals surface area contributed by atoms with Gasteiger partial charge in [0.05, 0.1) is 14.2 Å². The molecular weight excluding hydrogens is 272 g/mol. The van der Waals surface area contributed by atoms with E-state index in [0.29, 0.717) is 11.5 Å². The first-order valence-corrected chi connectivity index (χ1v) is 7.17. The third-order valence-corrected chi connectivity index (χ3v) is 4.26. The molecule has 1 aromatic heterocycles. The van der Waals surface area contributed by atoms with Crippen LogP contribution < -0.4 is 15.2 Å². The molecule has 0 spiro atoms. The van der Waals surface area contributed by atoms with E-state index in [4.69, 9.17) is 15.2 Å². The predicted octanol–water partition coefficient (Wildman–Crippen LogP) is 3.71. The number of aromatic nitrogens is 1. The van der Waals surface area contributed by atoms with Gasteiger partial charge in [0.2, 0.25) is 0 Å². The molecule has 0 saturated carbocycles. The highest BCUT2D eigenvalue weighted by molar-refractivity contribution is 7.16. The first-order chi connectivity index (χ1) is 9.36. The number of nitrogens with zero attached hydrogens (tertiary/aromatic N) is 1. The van der Waals surface area contributed by atoms with Crippen LogP contribution in [0.4, 0.5) is 5.00 Å². The normalized spacial score (nSPS) is 11.4. The van der Waals surface area contributed by atoms with Crippen molar-refractivity contribution in [3.05, 3.63) is 23.2 Å². The van der Waals surface area contributed by atoms with Crippen LogP contribution in [0.3, 0.4) is 0 Å². The second-order valence-electron chi connectivity index (χ2n) is 5.55. The van der Waals surface area contributed by atoms with Gasteiger partial charge in [-0.3, -0.25) is 0 Å². The molecule has 2 rings (SSSR count). The van der Waals surface area contributed by atoms with E-state index in [9.17, 15) is 0 Å². The maximum atomic E-state index is 6.12. The fraction of sp³-hybridized carbons (Fsp3) is 0.400. The molecule has 0 aliphatic rings. The number of benzene rings is 1. The van der Waals surface area contributed by atoms with Crippen LogP contribution in [0.5, 0.6) is 11.5 Å². The highest BCUT2D eigenvalue weighted by atomic mass is 32.1. The van der Waals surface area contributed by atoms with E-state index in [-0.39, 0.29) is 5.41 Å². The number of methoxy groups -OCH3 is 2. The second kappa shape index (κ2) is 5.32. The summed E-state index contributed by atoms with van der Waals surface area (Å²) in [6.07, 6.45) is 0. The van der Waals surface area contributed by atoms with E-state index in [1.54, 1.807) is 14.2 Å². The Morgan fingerprint density at radius 2 is 1.75 bits per heavy atom. The van der Waals surface area contributed by atoms with Crippen LogP contribution in [-0.2, 0) is 5.41 Å². The first kappa shape index (κ1) is 14.7. The van der Waals surface area contributed by atoms with Crippen LogP contribution in [0.1, 0.15) is 25.8 Å². The van der Waals surface area contributed by atoms with Crippen molar-refractivity contribution in [2.75, 3.05) is 20.0 Å². The maximum Gasteiger partial charge on any atom is 0.161 e. The number of nitrogens with two attached hydrogens (primary N) is 1. The molecule has 0 aliphatic heterocycles. The van der Waals surface area contributed by atoms with Crippen molar-refractivity contribution in [1.82, 2.24) is 4.98 Å². The highest BCUT2D eigenvalue weighted by Crippen LogP contribution is 2.39. The van der Waals surface area contributed by atoms with Crippen molar-refractivity contribution >= 4 is 16.3 Å². The quantitative estimate of drug-likeness (QED) is 0.937. The summed E-state index contributed by atoms with van der Waals surface area (Å²) < 4.78 is 10.6. The van der Waals surface area contributed by atoms with Gasteiger partial charge < -0.3 is 15.2 Å². The topological polar surface area (TPSA) is 57.4 Å². The second-order valence-corrected chi connectivity index (χ2v) is 6.58. The van der Waals surface area contributed by atoms with Crippen LogP contribution in [-0.4, -0.2) is 19.2 Å². The molecular formula is C15H20N2O2S. The molecule has 0 atom stereocenters. The number of hydrogen-bond acceptors (Lipinski definition) is 5. The monoisotopic (exact) mass is 292 g/mol.